The summed E-state index contributed by atoms with van der Waals surface area (Å²) in [5, 5.41) is 0. The average Bonchev–Trinajstić information content (AvgIpc) is 2.40. The number of hydrogen-bond donors (Lipinski definition) is 1. The molecule has 0 bridgehead atoms. The molecule has 1 spiro atoms. The van der Waals surface area contributed by atoms with Crippen molar-refractivity contribution in [2.45, 2.75) is 50.7 Å². The molecule has 2 aliphatic heterocycles. The van der Waals surface area contributed by atoms with E-state index in [9.17, 15) is 0 Å². The van der Waals surface area contributed by atoms with Gasteiger partial charge in [0.25, 0.3) is 0 Å². The Bertz CT molecular complexity index is 238. The lowest BCUT2D eigenvalue weighted by atomic mass is 9.78. The van der Waals surface area contributed by atoms with E-state index in [2.05, 4.69) is 6.92 Å². The van der Waals surface area contributed by atoms with E-state index in [-0.39, 0.29) is 5.60 Å². The number of hydrogen-bond acceptors (Lipinski definition) is 4. The van der Waals surface area contributed by atoms with Crippen LogP contribution in [-0.4, -0.2) is 43.0 Å². The monoisotopic (exact) mass is 273 g/mol. The van der Waals surface area contributed by atoms with Crippen LogP contribution in [0.1, 0.15) is 39.0 Å². The van der Waals surface area contributed by atoms with E-state index in [1.54, 1.807) is 0 Å². The third kappa shape index (κ3) is 3.86. The highest BCUT2D eigenvalue weighted by Gasteiger charge is 2.40. The minimum absolute atomic E-state index is 0.0915. The van der Waals surface area contributed by atoms with Crippen LogP contribution in [0, 0.1) is 5.92 Å². The van der Waals surface area contributed by atoms with E-state index in [1.165, 1.54) is 12.2 Å². The van der Waals surface area contributed by atoms with Gasteiger partial charge in [-0.1, -0.05) is 6.92 Å². The van der Waals surface area contributed by atoms with Crippen molar-refractivity contribution in [3.63, 3.8) is 0 Å². The molecule has 0 aromatic heterocycles. The van der Waals surface area contributed by atoms with Crippen molar-refractivity contribution in [1.82, 2.24) is 0 Å². The lowest BCUT2D eigenvalue weighted by Crippen LogP contribution is -2.48. The van der Waals surface area contributed by atoms with Gasteiger partial charge in [-0.15, -0.1) is 0 Å². The Morgan fingerprint density at radius 2 is 2.11 bits per heavy atom. The molecule has 0 aromatic rings. The van der Waals surface area contributed by atoms with E-state index in [4.69, 9.17) is 15.2 Å². The van der Waals surface area contributed by atoms with E-state index in [1.807, 2.05) is 11.8 Å². The van der Waals surface area contributed by atoms with Crippen molar-refractivity contribution in [1.29, 1.82) is 0 Å². The predicted molar refractivity (Wildman–Crippen MR) is 77.1 cm³/mol. The van der Waals surface area contributed by atoms with Gasteiger partial charge in [0.15, 0.2) is 0 Å². The van der Waals surface area contributed by atoms with Crippen LogP contribution in [0.2, 0.25) is 0 Å². The molecule has 0 radical (unpaired) electrons. The van der Waals surface area contributed by atoms with Crippen LogP contribution in [-0.2, 0) is 9.47 Å². The fourth-order valence-corrected chi connectivity index (χ4v) is 4.02. The predicted octanol–water partition coefficient (Wildman–Crippen LogP) is 2.43. The molecule has 4 heteroatoms. The molecule has 0 saturated carbocycles. The zero-order valence-corrected chi connectivity index (χ0v) is 12.3. The molecule has 0 aromatic carbocycles. The van der Waals surface area contributed by atoms with Gasteiger partial charge in [0, 0.05) is 31.6 Å². The van der Waals surface area contributed by atoms with Crippen LogP contribution < -0.4 is 5.73 Å². The normalized spacial score (nSPS) is 29.3. The van der Waals surface area contributed by atoms with Gasteiger partial charge < -0.3 is 15.2 Å². The van der Waals surface area contributed by atoms with Crippen LogP contribution in [0.25, 0.3) is 0 Å². The molecule has 18 heavy (non-hydrogen) atoms. The molecule has 2 atom stereocenters. The molecule has 2 rings (SSSR count). The molecule has 0 amide bonds. The van der Waals surface area contributed by atoms with Crippen molar-refractivity contribution in [2.24, 2.45) is 11.7 Å². The van der Waals surface area contributed by atoms with Gasteiger partial charge in [-0.3, -0.25) is 0 Å². The summed E-state index contributed by atoms with van der Waals surface area (Å²) in [4.78, 5) is 0. The summed E-state index contributed by atoms with van der Waals surface area (Å²) in [6.07, 6.45) is 5.63. The molecule has 2 unspecified atom stereocenters. The summed E-state index contributed by atoms with van der Waals surface area (Å²) in [6.45, 7) is 4.82. The quantitative estimate of drug-likeness (QED) is 0.781. The van der Waals surface area contributed by atoms with Gasteiger partial charge in [0.1, 0.15) is 0 Å². The lowest BCUT2D eigenvalue weighted by molar-refractivity contribution is -0.148. The van der Waals surface area contributed by atoms with Crippen LogP contribution in [0.3, 0.4) is 0 Å². The van der Waals surface area contributed by atoms with E-state index in [0.29, 0.717) is 12.0 Å². The summed E-state index contributed by atoms with van der Waals surface area (Å²) in [5.41, 5.74) is 6.46. The summed E-state index contributed by atoms with van der Waals surface area (Å²) < 4.78 is 11.5. The maximum Gasteiger partial charge on any atom is 0.0729 e. The Labute approximate surface area is 115 Å². The highest BCUT2D eigenvalue weighted by molar-refractivity contribution is 7.99. The van der Waals surface area contributed by atoms with Gasteiger partial charge in [-0.05, 0) is 43.8 Å². The van der Waals surface area contributed by atoms with Crippen LogP contribution in [0.15, 0.2) is 0 Å². The lowest BCUT2D eigenvalue weighted by Gasteiger charge is -2.44. The van der Waals surface area contributed by atoms with Crippen molar-refractivity contribution >= 4 is 11.8 Å². The average molecular weight is 273 g/mol. The Hall–Kier alpha value is 0.230. The van der Waals surface area contributed by atoms with Crippen LogP contribution in [0.5, 0.6) is 0 Å². The molecule has 2 fully saturated rings. The van der Waals surface area contributed by atoms with E-state index < -0.39 is 0 Å². The van der Waals surface area contributed by atoms with Crippen LogP contribution in [0.4, 0.5) is 0 Å². The van der Waals surface area contributed by atoms with Gasteiger partial charge in [0.05, 0.1) is 5.60 Å². The molecule has 2 aliphatic rings. The first-order valence-corrected chi connectivity index (χ1v) is 8.46. The van der Waals surface area contributed by atoms with E-state index >= 15 is 0 Å². The fraction of sp³-hybridized carbons (Fsp3) is 1.00. The summed E-state index contributed by atoms with van der Waals surface area (Å²) in [6, 6.07) is 0.338. The Kier molecular flexibility index (Phi) is 5.80. The van der Waals surface area contributed by atoms with Gasteiger partial charge >= 0.3 is 0 Å². The van der Waals surface area contributed by atoms with E-state index in [0.717, 1.165) is 51.3 Å². The Morgan fingerprint density at radius 1 is 1.33 bits per heavy atom. The zero-order chi connectivity index (χ0) is 12.8. The van der Waals surface area contributed by atoms with Crippen LogP contribution >= 0.6 is 11.8 Å². The van der Waals surface area contributed by atoms with Gasteiger partial charge in [-0.2, -0.15) is 11.8 Å². The SMILES string of the molecule is CCCSCC(N)C1CCOC2(CCOCC2)C1. The molecule has 3 nitrogen and oxygen atoms in total. The zero-order valence-electron chi connectivity index (χ0n) is 11.5. The summed E-state index contributed by atoms with van der Waals surface area (Å²) >= 11 is 2.00. The topological polar surface area (TPSA) is 44.5 Å². The van der Waals surface area contributed by atoms with Crippen molar-refractivity contribution < 1.29 is 9.47 Å². The smallest absolute Gasteiger partial charge is 0.0729 e. The molecular formula is C14H27NO2S. The number of rotatable bonds is 5. The maximum absolute atomic E-state index is 6.37. The van der Waals surface area contributed by atoms with Gasteiger partial charge in [-0.25, -0.2) is 0 Å². The van der Waals surface area contributed by atoms with Crippen molar-refractivity contribution in [2.75, 3.05) is 31.3 Å². The third-order valence-electron chi connectivity index (χ3n) is 4.20. The van der Waals surface area contributed by atoms with Crippen molar-refractivity contribution in [3.8, 4) is 0 Å². The second-order valence-electron chi connectivity index (χ2n) is 5.64. The molecular weight excluding hydrogens is 246 g/mol. The molecule has 2 saturated heterocycles. The third-order valence-corrected chi connectivity index (χ3v) is 5.52. The first-order chi connectivity index (χ1) is 8.76. The highest BCUT2D eigenvalue weighted by atomic mass is 32.2. The van der Waals surface area contributed by atoms with Crippen molar-refractivity contribution in [3.05, 3.63) is 0 Å². The first kappa shape index (κ1) is 14.6. The molecule has 106 valence electrons. The first-order valence-electron chi connectivity index (χ1n) is 7.31. The second kappa shape index (κ2) is 7.13. The largest absolute Gasteiger partial charge is 0.381 e. The number of ether oxygens (including phenoxy) is 2. The number of nitrogens with two attached hydrogens (primary N) is 1. The minimum Gasteiger partial charge on any atom is -0.381 e. The maximum atomic E-state index is 6.37. The summed E-state index contributed by atoms with van der Waals surface area (Å²) in [7, 11) is 0. The Balaban J connectivity index is 1.81. The Morgan fingerprint density at radius 3 is 2.83 bits per heavy atom. The standard InChI is InChI=1S/C14H27NO2S/c1-2-9-18-11-13(15)12-3-6-17-14(10-12)4-7-16-8-5-14/h12-13H,2-11,15H2,1H3. The molecule has 2 N–H and O–H groups in total. The number of thioether (sulfide) groups is 1. The second-order valence-corrected chi connectivity index (χ2v) is 6.79. The minimum atomic E-state index is 0.0915. The molecule has 2 heterocycles. The summed E-state index contributed by atoms with van der Waals surface area (Å²) in [5.74, 6) is 2.97. The highest BCUT2D eigenvalue weighted by Crippen LogP contribution is 2.38. The fourth-order valence-electron chi connectivity index (χ4n) is 3.02. The molecule has 0 aliphatic carbocycles. The van der Waals surface area contributed by atoms with Gasteiger partial charge in [0.2, 0.25) is 0 Å².